The van der Waals surface area contributed by atoms with E-state index in [9.17, 15) is 22.8 Å². The molecule has 5 nitrogen and oxygen atoms in total. The van der Waals surface area contributed by atoms with E-state index in [1.54, 1.807) is 48.5 Å². The van der Waals surface area contributed by atoms with Crippen molar-refractivity contribution in [2.24, 2.45) is 0 Å². The van der Waals surface area contributed by atoms with Crippen molar-refractivity contribution in [3.05, 3.63) is 100 Å². The topological polar surface area (TPSA) is 61.2 Å². The molecule has 3 aromatic carbocycles. The van der Waals surface area contributed by atoms with Crippen molar-refractivity contribution in [2.45, 2.75) is 6.18 Å². The Balaban J connectivity index is 1.83. The highest BCUT2D eigenvalue weighted by molar-refractivity contribution is 5.90. The molecule has 0 spiro atoms. The van der Waals surface area contributed by atoms with Gasteiger partial charge in [-0.25, -0.2) is 9.78 Å². The Hall–Kier alpha value is -3.94. The number of alkyl halides is 3. The van der Waals surface area contributed by atoms with Crippen molar-refractivity contribution in [3.63, 3.8) is 0 Å². The lowest BCUT2D eigenvalue weighted by molar-refractivity contribution is -0.137. The van der Waals surface area contributed by atoms with E-state index in [1.807, 2.05) is 0 Å². The van der Waals surface area contributed by atoms with Crippen LogP contribution in [0.4, 0.5) is 13.2 Å². The van der Waals surface area contributed by atoms with Gasteiger partial charge in [0.25, 0.3) is 5.56 Å². The molecule has 0 bridgehead atoms. The number of carbonyl (C=O) groups is 1. The normalized spacial score (nSPS) is 11.4. The number of hydrogen-bond acceptors (Lipinski definition) is 4. The number of para-hydroxylation sites is 1. The molecule has 0 unspecified atom stereocenters. The van der Waals surface area contributed by atoms with Crippen LogP contribution < -0.4 is 10.4 Å². The van der Waals surface area contributed by atoms with Crippen molar-refractivity contribution in [1.82, 2.24) is 9.71 Å². The van der Waals surface area contributed by atoms with Crippen LogP contribution in [-0.2, 0) is 6.18 Å². The Morgan fingerprint density at radius 3 is 2.33 bits per heavy atom. The number of fused-ring (bicyclic) bond motifs is 1. The zero-order valence-electron chi connectivity index (χ0n) is 15.3. The summed E-state index contributed by atoms with van der Waals surface area (Å²) in [6, 6.07) is 18.8. The SMILES string of the molecule is O=C(On1c(-c2ccccc2)nc2ccccc2c1=O)c1cccc(C(F)(F)F)c1. The predicted octanol–water partition coefficient (Wildman–Crippen LogP) is 4.35. The molecule has 0 atom stereocenters. The maximum atomic E-state index is 13.0. The van der Waals surface area contributed by atoms with Crippen LogP contribution in [0.25, 0.3) is 22.3 Å². The summed E-state index contributed by atoms with van der Waals surface area (Å²) in [4.78, 5) is 35.2. The first-order chi connectivity index (χ1) is 14.3. The van der Waals surface area contributed by atoms with Gasteiger partial charge >= 0.3 is 12.1 Å². The second kappa shape index (κ2) is 7.47. The molecule has 0 aliphatic rings. The van der Waals surface area contributed by atoms with Crippen LogP contribution in [0.5, 0.6) is 0 Å². The van der Waals surface area contributed by atoms with Gasteiger partial charge in [0.15, 0.2) is 5.82 Å². The van der Waals surface area contributed by atoms with E-state index in [0.29, 0.717) is 21.9 Å². The summed E-state index contributed by atoms with van der Waals surface area (Å²) in [6.45, 7) is 0. The molecule has 0 N–H and O–H groups in total. The van der Waals surface area contributed by atoms with Crippen molar-refractivity contribution >= 4 is 16.9 Å². The fourth-order valence-electron chi connectivity index (χ4n) is 2.93. The number of halogens is 3. The smallest absolute Gasteiger partial charge is 0.326 e. The first-order valence-electron chi connectivity index (χ1n) is 8.82. The largest absolute Gasteiger partial charge is 0.416 e. The molecular formula is C22H13F3N2O3. The molecule has 4 rings (SSSR count). The predicted molar refractivity (Wildman–Crippen MR) is 104 cm³/mol. The number of benzene rings is 3. The van der Waals surface area contributed by atoms with Crippen LogP contribution in [0.3, 0.4) is 0 Å². The molecule has 0 saturated carbocycles. The molecule has 150 valence electrons. The summed E-state index contributed by atoms with van der Waals surface area (Å²) < 4.78 is 39.6. The van der Waals surface area contributed by atoms with E-state index in [1.165, 1.54) is 12.1 Å². The Labute approximate surface area is 167 Å². The van der Waals surface area contributed by atoms with E-state index < -0.39 is 23.3 Å². The van der Waals surface area contributed by atoms with E-state index in [4.69, 9.17) is 4.84 Å². The molecule has 4 aromatic rings. The minimum atomic E-state index is -4.62. The number of hydrogen-bond donors (Lipinski definition) is 0. The lowest BCUT2D eigenvalue weighted by atomic mass is 10.1. The fourth-order valence-corrected chi connectivity index (χ4v) is 2.93. The molecule has 30 heavy (non-hydrogen) atoms. The average molecular weight is 410 g/mol. The summed E-state index contributed by atoms with van der Waals surface area (Å²) in [7, 11) is 0. The highest BCUT2D eigenvalue weighted by Crippen LogP contribution is 2.29. The van der Waals surface area contributed by atoms with Crippen LogP contribution >= 0.6 is 0 Å². The molecule has 0 aliphatic heterocycles. The van der Waals surface area contributed by atoms with Gasteiger partial charge in [-0.05, 0) is 30.3 Å². The molecule has 0 amide bonds. The summed E-state index contributed by atoms with van der Waals surface area (Å²) in [6.07, 6.45) is -4.62. The Bertz CT molecular complexity index is 1300. The molecular weight excluding hydrogens is 397 g/mol. The van der Waals surface area contributed by atoms with Gasteiger partial charge in [-0.3, -0.25) is 4.79 Å². The third-order valence-corrected chi connectivity index (χ3v) is 4.37. The molecule has 1 aromatic heterocycles. The fraction of sp³-hybridized carbons (Fsp3) is 0.0455. The van der Waals surface area contributed by atoms with Crippen LogP contribution in [0, 0.1) is 0 Å². The third kappa shape index (κ3) is 3.67. The van der Waals surface area contributed by atoms with Gasteiger partial charge in [0.05, 0.1) is 22.0 Å². The van der Waals surface area contributed by atoms with Gasteiger partial charge in [-0.1, -0.05) is 48.5 Å². The van der Waals surface area contributed by atoms with Crippen LogP contribution in [0.1, 0.15) is 15.9 Å². The summed E-state index contributed by atoms with van der Waals surface area (Å²) in [5.74, 6) is -1.06. The molecule has 1 heterocycles. The molecule has 0 saturated heterocycles. The lowest BCUT2D eigenvalue weighted by Gasteiger charge is -2.13. The van der Waals surface area contributed by atoms with Crippen molar-refractivity contribution in [2.75, 3.05) is 0 Å². The van der Waals surface area contributed by atoms with Crippen molar-refractivity contribution in [3.8, 4) is 11.4 Å². The minimum Gasteiger partial charge on any atom is -0.326 e. The minimum absolute atomic E-state index is 0.0552. The maximum Gasteiger partial charge on any atom is 0.416 e. The van der Waals surface area contributed by atoms with Crippen LogP contribution in [-0.4, -0.2) is 15.7 Å². The van der Waals surface area contributed by atoms with Crippen LogP contribution in [0.15, 0.2) is 83.7 Å². The average Bonchev–Trinajstić information content (AvgIpc) is 2.75. The molecule has 0 fully saturated rings. The van der Waals surface area contributed by atoms with Crippen LogP contribution in [0.2, 0.25) is 0 Å². The number of rotatable bonds is 3. The van der Waals surface area contributed by atoms with E-state index >= 15 is 0 Å². The second-order valence-electron chi connectivity index (χ2n) is 6.38. The van der Waals surface area contributed by atoms with Gasteiger partial charge in [0.1, 0.15) is 0 Å². The summed E-state index contributed by atoms with van der Waals surface area (Å²) >= 11 is 0. The lowest BCUT2D eigenvalue weighted by Crippen LogP contribution is -2.33. The van der Waals surface area contributed by atoms with Gasteiger partial charge in [0, 0.05) is 5.56 Å². The standard InChI is InChI=1S/C22H13F3N2O3/c23-22(24,25)16-10-6-9-15(13-16)21(29)30-27-19(14-7-2-1-3-8-14)26-18-12-5-4-11-17(18)20(27)28/h1-13H. The zero-order valence-corrected chi connectivity index (χ0v) is 15.3. The van der Waals surface area contributed by atoms with E-state index in [2.05, 4.69) is 4.98 Å². The third-order valence-electron chi connectivity index (χ3n) is 4.37. The maximum absolute atomic E-state index is 13.0. The number of aromatic nitrogens is 2. The Morgan fingerprint density at radius 1 is 0.900 bits per heavy atom. The first-order valence-corrected chi connectivity index (χ1v) is 8.82. The molecule has 8 heteroatoms. The monoisotopic (exact) mass is 410 g/mol. The number of carbonyl (C=O) groups excluding carboxylic acids is 1. The second-order valence-corrected chi connectivity index (χ2v) is 6.38. The van der Waals surface area contributed by atoms with Gasteiger partial charge in [0.2, 0.25) is 0 Å². The van der Waals surface area contributed by atoms with Crippen molar-refractivity contribution in [1.29, 1.82) is 0 Å². The number of nitrogens with zero attached hydrogens (tertiary/aromatic N) is 2. The summed E-state index contributed by atoms with van der Waals surface area (Å²) in [5, 5.41) is 0.203. The Kier molecular flexibility index (Phi) is 4.83. The van der Waals surface area contributed by atoms with Crippen molar-refractivity contribution < 1.29 is 22.8 Å². The van der Waals surface area contributed by atoms with E-state index in [0.717, 1.165) is 12.1 Å². The van der Waals surface area contributed by atoms with Gasteiger partial charge in [-0.15, -0.1) is 4.73 Å². The Morgan fingerprint density at radius 2 is 1.60 bits per heavy atom. The molecule has 0 radical (unpaired) electrons. The van der Waals surface area contributed by atoms with Gasteiger partial charge < -0.3 is 4.84 Å². The van der Waals surface area contributed by atoms with E-state index in [-0.39, 0.29) is 16.8 Å². The highest BCUT2D eigenvalue weighted by atomic mass is 19.4. The zero-order chi connectivity index (χ0) is 21.3. The first kappa shape index (κ1) is 19.4. The van der Waals surface area contributed by atoms with Gasteiger partial charge in [-0.2, -0.15) is 13.2 Å². The summed E-state index contributed by atoms with van der Waals surface area (Å²) in [5.41, 5.74) is -1.10. The molecule has 0 aliphatic carbocycles. The highest BCUT2D eigenvalue weighted by Gasteiger charge is 2.31. The quantitative estimate of drug-likeness (QED) is 0.504.